The molecule has 0 amide bonds. The van der Waals surface area contributed by atoms with Crippen molar-refractivity contribution >= 4 is 17.7 Å². The molecule has 2 N–H and O–H groups in total. The maximum absolute atomic E-state index is 12.1. The molecule has 0 saturated carbocycles. The van der Waals surface area contributed by atoms with Crippen molar-refractivity contribution in [3.8, 4) is 22.8 Å². The molecule has 1 aromatic carbocycles. The summed E-state index contributed by atoms with van der Waals surface area (Å²) in [5.41, 5.74) is 2.59. The van der Waals surface area contributed by atoms with Gasteiger partial charge in [-0.25, -0.2) is 9.78 Å². The lowest BCUT2D eigenvalue weighted by atomic mass is 10.0. The number of nitrogens with zero attached hydrogens (tertiary/aromatic N) is 5. The summed E-state index contributed by atoms with van der Waals surface area (Å²) in [6.07, 6.45) is 1.84. The number of nitrogens with one attached hydrogen (secondary N) is 1. The van der Waals surface area contributed by atoms with E-state index in [-0.39, 0.29) is 12.3 Å². The second kappa shape index (κ2) is 10.8. The van der Waals surface area contributed by atoms with Crippen molar-refractivity contribution in [3.05, 3.63) is 47.8 Å². The fourth-order valence-electron chi connectivity index (χ4n) is 3.42. The average Bonchev–Trinajstić information content (AvgIpc) is 2.83. The lowest BCUT2D eigenvalue weighted by Crippen LogP contribution is -2.33. The van der Waals surface area contributed by atoms with E-state index < -0.39 is 12.0 Å². The maximum Gasteiger partial charge on any atom is 0.326 e. The molecule has 0 aliphatic carbocycles. The molecule has 0 radical (unpaired) electrons. The number of aliphatic carboxylic acids is 1. The van der Waals surface area contributed by atoms with E-state index in [4.69, 9.17) is 9.47 Å². The summed E-state index contributed by atoms with van der Waals surface area (Å²) in [7, 11) is 6.81. The van der Waals surface area contributed by atoms with Gasteiger partial charge in [-0.1, -0.05) is 19.9 Å². The number of benzene rings is 1. The monoisotopic (exact) mass is 466 g/mol. The third kappa shape index (κ3) is 5.51. The smallest absolute Gasteiger partial charge is 0.326 e. The van der Waals surface area contributed by atoms with Crippen molar-refractivity contribution in [2.24, 2.45) is 0 Å². The molecule has 0 bridgehead atoms. The Hall–Kier alpha value is -3.95. The SMILES string of the molecule is COc1cccc(OC)c1-c1ccc(C[C@H](Nc2nc(N(C)C)ncc2C(C)C)C(=O)O)nn1. The van der Waals surface area contributed by atoms with E-state index in [2.05, 4.69) is 25.5 Å². The highest BCUT2D eigenvalue weighted by Gasteiger charge is 2.23. The van der Waals surface area contributed by atoms with E-state index in [1.807, 2.05) is 46.1 Å². The molecule has 0 unspecified atom stereocenters. The third-order valence-corrected chi connectivity index (χ3v) is 5.25. The molecular weight excluding hydrogens is 436 g/mol. The highest BCUT2D eigenvalue weighted by Crippen LogP contribution is 2.36. The van der Waals surface area contributed by atoms with E-state index in [0.717, 1.165) is 5.56 Å². The molecule has 0 saturated heterocycles. The van der Waals surface area contributed by atoms with Gasteiger partial charge in [0, 0.05) is 32.3 Å². The number of ether oxygens (including phenoxy) is 2. The van der Waals surface area contributed by atoms with Crippen LogP contribution in [0, 0.1) is 0 Å². The number of carboxylic acid groups (broad SMARTS) is 1. The molecule has 2 aromatic heterocycles. The fraction of sp³-hybridized carbons (Fsp3) is 0.375. The molecule has 0 spiro atoms. The van der Waals surface area contributed by atoms with Gasteiger partial charge in [0.15, 0.2) is 0 Å². The summed E-state index contributed by atoms with van der Waals surface area (Å²) in [6.45, 7) is 4.01. The Bertz CT molecular complexity index is 1110. The minimum Gasteiger partial charge on any atom is -0.496 e. The largest absolute Gasteiger partial charge is 0.496 e. The van der Waals surface area contributed by atoms with E-state index in [1.54, 1.807) is 37.4 Å². The van der Waals surface area contributed by atoms with Gasteiger partial charge in [0.2, 0.25) is 5.95 Å². The van der Waals surface area contributed by atoms with Crippen molar-refractivity contribution in [1.29, 1.82) is 0 Å². The molecule has 10 nitrogen and oxygen atoms in total. The van der Waals surface area contributed by atoms with Crippen LogP contribution in [0.1, 0.15) is 31.0 Å². The third-order valence-electron chi connectivity index (χ3n) is 5.25. The normalized spacial score (nSPS) is 11.7. The topological polar surface area (TPSA) is 123 Å². The van der Waals surface area contributed by atoms with Gasteiger partial charge in [0.25, 0.3) is 0 Å². The quantitative estimate of drug-likeness (QED) is 0.460. The van der Waals surface area contributed by atoms with Crippen LogP contribution in [0.2, 0.25) is 0 Å². The summed E-state index contributed by atoms with van der Waals surface area (Å²) in [5.74, 6) is 1.29. The van der Waals surface area contributed by atoms with Crippen LogP contribution in [-0.2, 0) is 11.2 Å². The van der Waals surface area contributed by atoms with Crippen molar-refractivity contribution in [2.75, 3.05) is 38.5 Å². The number of hydrogen-bond acceptors (Lipinski definition) is 9. The van der Waals surface area contributed by atoms with Crippen LogP contribution < -0.4 is 19.7 Å². The van der Waals surface area contributed by atoms with Crippen LogP contribution in [0.15, 0.2) is 36.5 Å². The summed E-state index contributed by atoms with van der Waals surface area (Å²) in [6, 6.07) is 8.02. The number of rotatable bonds is 10. The Morgan fingerprint density at radius 1 is 1.09 bits per heavy atom. The highest BCUT2D eigenvalue weighted by molar-refractivity contribution is 5.78. The molecule has 34 heavy (non-hydrogen) atoms. The molecule has 2 heterocycles. The van der Waals surface area contributed by atoms with Crippen LogP contribution in [0.5, 0.6) is 11.5 Å². The Morgan fingerprint density at radius 2 is 1.76 bits per heavy atom. The molecule has 1 atom stereocenters. The minimum absolute atomic E-state index is 0.114. The average molecular weight is 467 g/mol. The first-order valence-corrected chi connectivity index (χ1v) is 10.8. The molecule has 0 aliphatic rings. The summed E-state index contributed by atoms with van der Waals surface area (Å²) in [5, 5.41) is 21.5. The minimum atomic E-state index is -1.02. The number of carboxylic acids is 1. The van der Waals surface area contributed by atoms with Gasteiger partial charge in [-0.2, -0.15) is 10.1 Å². The van der Waals surface area contributed by atoms with Gasteiger partial charge in [0.1, 0.15) is 29.1 Å². The van der Waals surface area contributed by atoms with E-state index >= 15 is 0 Å². The number of methoxy groups -OCH3 is 2. The van der Waals surface area contributed by atoms with Gasteiger partial charge in [-0.15, -0.1) is 5.10 Å². The van der Waals surface area contributed by atoms with Crippen LogP contribution in [0.4, 0.5) is 11.8 Å². The van der Waals surface area contributed by atoms with Gasteiger partial charge < -0.3 is 24.8 Å². The molecule has 180 valence electrons. The van der Waals surface area contributed by atoms with Crippen molar-refractivity contribution in [1.82, 2.24) is 20.2 Å². The fourth-order valence-corrected chi connectivity index (χ4v) is 3.42. The number of carbonyl (C=O) groups is 1. The first-order valence-electron chi connectivity index (χ1n) is 10.8. The highest BCUT2D eigenvalue weighted by atomic mass is 16.5. The molecule has 10 heteroatoms. The van der Waals surface area contributed by atoms with Gasteiger partial charge in [-0.3, -0.25) is 0 Å². The predicted octanol–water partition coefficient (Wildman–Crippen LogP) is 3.25. The van der Waals surface area contributed by atoms with Crippen LogP contribution in [-0.4, -0.2) is 65.6 Å². The van der Waals surface area contributed by atoms with E-state index in [9.17, 15) is 9.90 Å². The van der Waals surface area contributed by atoms with Crippen LogP contribution >= 0.6 is 0 Å². The summed E-state index contributed by atoms with van der Waals surface area (Å²) >= 11 is 0. The van der Waals surface area contributed by atoms with Crippen LogP contribution in [0.3, 0.4) is 0 Å². The standard InChI is InChI=1S/C24H30N6O4/c1-14(2)16-13-25-24(30(3)4)27-22(16)26-18(23(31)32)12-15-10-11-17(29-28-15)21-19(33-5)8-7-9-20(21)34-6/h7-11,13-14,18H,12H2,1-6H3,(H,31,32)(H,25,26,27)/t18-/m0/s1. The molecular formula is C24H30N6O4. The molecule has 0 aliphatic heterocycles. The lowest BCUT2D eigenvalue weighted by Gasteiger charge is -2.20. The van der Waals surface area contributed by atoms with Gasteiger partial charge >= 0.3 is 5.97 Å². The number of anilines is 2. The zero-order chi connectivity index (χ0) is 24.8. The molecule has 0 fully saturated rings. The number of aromatic nitrogens is 4. The maximum atomic E-state index is 12.1. The predicted molar refractivity (Wildman–Crippen MR) is 130 cm³/mol. The Kier molecular flexibility index (Phi) is 7.83. The molecule has 3 aromatic rings. The van der Waals surface area contributed by atoms with E-state index in [1.165, 1.54) is 0 Å². The first kappa shape index (κ1) is 24.7. The lowest BCUT2D eigenvalue weighted by molar-refractivity contribution is -0.137. The number of hydrogen-bond donors (Lipinski definition) is 2. The zero-order valence-electron chi connectivity index (χ0n) is 20.2. The Labute approximate surface area is 199 Å². The van der Waals surface area contributed by atoms with Gasteiger partial charge in [0.05, 0.1) is 25.5 Å². The van der Waals surface area contributed by atoms with E-state index in [0.29, 0.717) is 40.2 Å². The first-order chi connectivity index (χ1) is 16.2. The second-order valence-electron chi connectivity index (χ2n) is 8.21. The van der Waals surface area contributed by atoms with Gasteiger partial charge in [-0.05, 0) is 30.2 Å². The zero-order valence-corrected chi connectivity index (χ0v) is 20.2. The Balaban J connectivity index is 1.87. The molecule has 3 rings (SSSR count). The van der Waals surface area contributed by atoms with Crippen molar-refractivity contribution in [3.63, 3.8) is 0 Å². The summed E-state index contributed by atoms with van der Waals surface area (Å²) < 4.78 is 10.9. The second-order valence-corrected chi connectivity index (χ2v) is 8.21. The Morgan fingerprint density at radius 3 is 2.26 bits per heavy atom. The van der Waals surface area contributed by atoms with Crippen molar-refractivity contribution in [2.45, 2.75) is 32.2 Å². The summed E-state index contributed by atoms with van der Waals surface area (Å²) in [4.78, 5) is 22.7. The van der Waals surface area contributed by atoms with Crippen molar-refractivity contribution < 1.29 is 19.4 Å². The van der Waals surface area contributed by atoms with Crippen LogP contribution in [0.25, 0.3) is 11.3 Å².